The third-order valence-corrected chi connectivity index (χ3v) is 14.9. The number of carbonyl (C=O) groups is 3. The normalized spacial score (nSPS) is 19.3. The Morgan fingerprint density at radius 2 is 1.64 bits per heavy atom. The number of piperazine rings is 1. The summed E-state index contributed by atoms with van der Waals surface area (Å²) >= 11 is 6.58. The second-order valence-corrected chi connectivity index (χ2v) is 20.9. The molecule has 12 nitrogen and oxygen atoms in total. The molecule has 4 aliphatic heterocycles. The lowest BCUT2D eigenvalue weighted by Crippen LogP contribution is -2.53. The van der Waals surface area contributed by atoms with Crippen LogP contribution < -0.4 is 20.3 Å². The van der Waals surface area contributed by atoms with Crippen LogP contribution in [0, 0.1) is 0 Å². The third-order valence-electron chi connectivity index (χ3n) is 13.0. The quantitative estimate of drug-likeness (QED) is 0.0925. The fourth-order valence-corrected chi connectivity index (χ4v) is 11.1. The van der Waals surface area contributed by atoms with Crippen LogP contribution in [0.25, 0.3) is 0 Å². The van der Waals surface area contributed by atoms with Crippen LogP contribution >= 0.6 is 18.7 Å². The summed E-state index contributed by atoms with van der Waals surface area (Å²) < 4.78 is 18.9. The number of hydrogen-bond acceptors (Lipinski definition) is 10. The van der Waals surface area contributed by atoms with E-state index in [1.54, 1.807) is 31.5 Å². The number of ether oxygens (including phenoxy) is 1. The highest BCUT2D eigenvalue weighted by Gasteiger charge is 2.39. The van der Waals surface area contributed by atoms with Gasteiger partial charge >= 0.3 is 0 Å². The number of aromatic nitrogens is 2. The number of benzene rings is 3. The Hall–Kier alpha value is -4.61. The minimum absolute atomic E-state index is 0.108. The molecule has 0 bridgehead atoms. The first-order valence-corrected chi connectivity index (χ1v) is 24.7. The molecule has 0 radical (unpaired) electrons. The highest BCUT2D eigenvalue weighted by atomic mass is 35.5. The number of anilines is 1. The molecule has 0 spiro atoms. The van der Waals surface area contributed by atoms with Crippen LogP contribution in [0.15, 0.2) is 66.9 Å². The van der Waals surface area contributed by atoms with Crippen LogP contribution in [-0.4, -0.2) is 121 Å². The first kappa shape index (κ1) is 43.1. The van der Waals surface area contributed by atoms with Gasteiger partial charge in [-0.1, -0.05) is 54.1 Å². The highest BCUT2D eigenvalue weighted by molar-refractivity contribution is 7.70. The molecular formula is C47H57ClN7O5P. The molecule has 322 valence electrons. The predicted molar refractivity (Wildman–Crippen MR) is 240 cm³/mol. The van der Waals surface area contributed by atoms with Crippen molar-refractivity contribution in [3.8, 4) is 5.75 Å². The van der Waals surface area contributed by atoms with Crippen molar-refractivity contribution in [2.45, 2.75) is 76.4 Å². The van der Waals surface area contributed by atoms with Gasteiger partial charge in [0, 0.05) is 105 Å². The number of rotatable bonds is 14. The lowest BCUT2D eigenvalue weighted by atomic mass is 9.98. The lowest BCUT2D eigenvalue weighted by Gasteiger charge is -2.43. The number of piperidine rings is 2. The Bertz CT molecular complexity index is 2320. The van der Waals surface area contributed by atoms with Gasteiger partial charge in [-0.15, -0.1) is 0 Å². The first-order chi connectivity index (χ1) is 29.4. The van der Waals surface area contributed by atoms with Gasteiger partial charge in [0.1, 0.15) is 24.8 Å². The third kappa shape index (κ3) is 9.88. The summed E-state index contributed by atoms with van der Waals surface area (Å²) in [7, 11) is -0.753. The van der Waals surface area contributed by atoms with Crippen molar-refractivity contribution in [1.82, 2.24) is 30.0 Å². The van der Waals surface area contributed by atoms with Crippen LogP contribution in [0.4, 0.5) is 5.69 Å². The minimum Gasteiger partial charge on any atom is -0.496 e. The molecule has 4 aromatic rings. The molecule has 3 aromatic carbocycles. The maximum Gasteiger partial charge on any atom is 0.255 e. The number of carbonyl (C=O) groups excluding carboxylic acids is 3. The molecule has 3 fully saturated rings. The monoisotopic (exact) mass is 865 g/mol. The van der Waals surface area contributed by atoms with E-state index in [0.29, 0.717) is 48.3 Å². The van der Waals surface area contributed by atoms with E-state index >= 15 is 0 Å². The SMILES string of the molecule is COc1cc(N2CCC(N3CCN(CCCCc4cccc5c4CN(C4CCC(=O)NC4=O)C5=O)CC3)CC2)ccc1Cc1ncc(Cl)c(Cc2ccccc2P(C)(C)=O)n1. The van der Waals surface area contributed by atoms with Gasteiger partial charge in [0.25, 0.3) is 5.91 Å². The summed E-state index contributed by atoms with van der Waals surface area (Å²) in [6.07, 6.45) is 8.61. The van der Waals surface area contributed by atoms with E-state index in [1.165, 1.54) is 11.3 Å². The highest BCUT2D eigenvalue weighted by Crippen LogP contribution is 2.37. The van der Waals surface area contributed by atoms with Crippen molar-refractivity contribution < 1.29 is 23.7 Å². The van der Waals surface area contributed by atoms with Crippen molar-refractivity contribution in [2.24, 2.45) is 0 Å². The predicted octanol–water partition coefficient (Wildman–Crippen LogP) is 5.94. The summed E-state index contributed by atoms with van der Waals surface area (Å²) in [5.41, 5.74) is 6.79. The van der Waals surface area contributed by atoms with Gasteiger partial charge in [-0.25, -0.2) is 9.97 Å². The summed E-state index contributed by atoms with van der Waals surface area (Å²) in [6.45, 7) is 11.4. The van der Waals surface area contributed by atoms with Gasteiger partial charge in [0.2, 0.25) is 11.8 Å². The Labute approximate surface area is 364 Å². The van der Waals surface area contributed by atoms with E-state index in [0.717, 1.165) is 111 Å². The van der Waals surface area contributed by atoms with Crippen molar-refractivity contribution >= 4 is 47.5 Å². The molecule has 1 unspecified atom stereocenters. The summed E-state index contributed by atoms with van der Waals surface area (Å²) in [5.74, 6) is 0.737. The zero-order chi connectivity index (χ0) is 42.7. The fourth-order valence-electron chi connectivity index (χ4n) is 9.64. The zero-order valence-corrected chi connectivity index (χ0v) is 37.2. The number of hydrogen-bond donors (Lipinski definition) is 1. The standard InChI is InChI=1S/C47H57ClN7O5P/c1-60-42-29-36(15-14-33(42)28-44-49-30-39(48)40(50-44)27-34-10-4-5-13-43(34)61(2,3)59)53-21-18-35(19-22-53)54-25-23-52(24-26-54)20-7-6-9-32-11-8-12-37-38(32)31-55(47(37)58)41-16-17-45(56)51-46(41)57/h4-5,8,10-15,29-30,35,41H,6-7,9,16-28,31H2,1-3H3,(H,51,56,57). The maximum absolute atomic E-state index is 13.2. The van der Waals surface area contributed by atoms with Crippen molar-refractivity contribution in [2.75, 3.05) is 71.2 Å². The van der Waals surface area contributed by atoms with Gasteiger partial charge in [-0.3, -0.25) is 24.6 Å². The van der Waals surface area contributed by atoms with Crippen molar-refractivity contribution in [1.29, 1.82) is 0 Å². The van der Waals surface area contributed by atoms with E-state index in [9.17, 15) is 18.9 Å². The van der Waals surface area contributed by atoms with Gasteiger partial charge < -0.3 is 24.0 Å². The second-order valence-electron chi connectivity index (χ2n) is 17.3. The smallest absolute Gasteiger partial charge is 0.255 e. The molecule has 8 rings (SSSR count). The Morgan fingerprint density at radius 3 is 2.39 bits per heavy atom. The number of nitrogens with zero attached hydrogens (tertiary/aromatic N) is 6. The van der Waals surface area contributed by atoms with Crippen LogP contribution in [0.5, 0.6) is 5.75 Å². The molecule has 3 amide bonds. The Kier molecular flexibility index (Phi) is 13.3. The summed E-state index contributed by atoms with van der Waals surface area (Å²) in [5, 5.41) is 3.75. The molecule has 5 heterocycles. The van der Waals surface area contributed by atoms with Crippen molar-refractivity contribution in [3.05, 3.63) is 111 Å². The number of imide groups is 1. The van der Waals surface area contributed by atoms with Crippen LogP contribution in [-0.2, 0) is 40.0 Å². The van der Waals surface area contributed by atoms with Gasteiger partial charge in [0.05, 0.1) is 17.8 Å². The largest absolute Gasteiger partial charge is 0.496 e. The van der Waals surface area contributed by atoms with E-state index in [2.05, 4.69) is 49.3 Å². The number of methoxy groups -OCH3 is 1. The molecule has 0 saturated carbocycles. The molecule has 0 aliphatic carbocycles. The first-order valence-electron chi connectivity index (χ1n) is 21.7. The van der Waals surface area contributed by atoms with Crippen LogP contribution in [0.2, 0.25) is 5.02 Å². The number of halogens is 1. The van der Waals surface area contributed by atoms with Gasteiger partial charge in [-0.2, -0.15) is 0 Å². The number of amides is 3. The van der Waals surface area contributed by atoms with Gasteiger partial charge in [0.15, 0.2) is 0 Å². The van der Waals surface area contributed by atoms with E-state index in [-0.39, 0.29) is 24.1 Å². The molecule has 61 heavy (non-hydrogen) atoms. The average Bonchev–Trinajstić information content (AvgIpc) is 3.60. The van der Waals surface area contributed by atoms with Crippen LogP contribution in [0.3, 0.4) is 0 Å². The molecule has 1 aromatic heterocycles. The molecule has 3 saturated heterocycles. The number of aryl methyl sites for hydroxylation is 1. The van der Waals surface area contributed by atoms with E-state index in [4.69, 9.17) is 21.3 Å². The maximum atomic E-state index is 13.2. The molecular weight excluding hydrogens is 809 g/mol. The molecule has 4 aliphatic rings. The topological polar surface area (TPSA) is 128 Å². The zero-order valence-electron chi connectivity index (χ0n) is 35.6. The average molecular weight is 866 g/mol. The second kappa shape index (κ2) is 18.8. The number of nitrogens with one attached hydrogen (secondary N) is 1. The lowest BCUT2D eigenvalue weighted by molar-refractivity contribution is -0.136. The number of unbranched alkanes of at least 4 members (excludes halogenated alkanes) is 1. The molecule has 1 atom stereocenters. The summed E-state index contributed by atoms with van der Waals surface area (Å²) in [6, 6.07) is 20.2. The van der Waals surface area contributed by atoms with Crippen LogP contribution in [0.1, 0.15) is 82.7 Å². The molecule has 1 N–H and O–H groups in total. The van der Waals surface area contributed by atoms with Crippen molar-refractivity contribution in [3.63, 3.8) is 0 Å². The number of fused-ring (bicyclic) bond motifs is 1. The van der Waals surface area contributed by atoms with E-state index in [1.807, 2.05) is 36.4 Å². The van der Waals surface area contributed by atoms with Gasteiger partial charge in [-0.05, 0) is 87.2 Å². The Balaban J connectivity index is 0.781. The molecule has 14 heteroatoms. The Morgan fingerprint density at radius 1 is 0.869 bits per heavy atom. The summed E-state index contributed by atoms with van der Waals surface area (Å²) in [4.78, 5) is 56.2. The minimum atomic E-state index is -2.47. The fraction of sp³-hybridized carbons (Fsp3) is 0.468. The van der Waals surface area contributed by atoms with E-state index < -0.39 is 13.2 Å².